The Morgan fingerprint density at radius 2 is 1.61 bits per heavy atom. The molecular formula is C18H37NO4. The van der Waals surface area contributed by atoms with Gasteiger partial charge in [-0.3, -0.25) is 4.79 Å². The van der Waals surface area contributed by atoms with E-state index < -0.39 is 11.1 Å². The van der Waals surface area contributed by atoms with Crippen molar-refractivity contribution >= 4 is 5.91 Å². The smallest absolute Gasteiger partial charge is 0.223 e. The van der Waals surface area contributed by atoms with Crippen molar-refractivity contribution in [2.24, 2.45) is 5.92 Å². The summed E-state index contributed by atoms with van der Waals surface area (Å²) in [7, 11) is 3.35. The number of hydrogen-bond acceptors (Lipinski definition) is 4. The number of carbonyl (C=O) groups is 1. The molecule has 0 aliphatic heterocycles. The minimum absolute atomic E-state index is 0.0307. The van der Waals surface area contributed by atoms with Gasteiger partial charge in [-0.1, -0.05) is 13.8 Å². The van der Waals surface area contributed by atoms with Crippen LogP contribution in [0, 0.1) is 5.92 Å². The first-order chi connectivity index (χ1) is 10.6. The lowest BCUT2D eigenvalue weighted by atomic mass is 9.83. The predicted molar refractivity (Wildman–Crippen MR) is 93.4 cm³/mol. The number of aliphatic hydroxyl groups is 1. The summed E-state index contributed by atoms with van der Waals surface area (Å²) in [6.07, 6.45) is 2.87. The van der Waals surface area contributed by atoms with E-state index in [2.05, 4.69) is 5.32 Å². The third kappa shape index (κ3) is 8.13. The second kappa shape index (κ2) is 9.60. The summed E-state index contributed by atoms with van der Waals surface area (Å²) in [6, 6.07) is 0. The van der Waals surface area contributed by atoms with Crippen LogP contribution < -0.4 is 5.32 Å². The molecule has 0 aromatic heterocycles. The highest BCUT2D eigenvalue weighted by Gasteiger charge is 2.36. The van der Waals surface area contributed by atoms with Crippen LogP contribution in [-0.2, 0) is 14.3 Å². The molecule has 0 radical (unpaired) electrons. The molecule has 1 aliphatic carbocycles. The van der Waals surface area contributed by atoms with Crippen molar-refractivity contribution in [3.63, 3.8) is 0 Å². The van der Waals surface area contributed by atoms with Gasteiger partial charge >= 0.3 is 0 Å². The van der Waals surface area contributed by atoms with Gasteiger partial charge in [0.05, 0.1) is 17.8 Å². The summed E-state index contributed by atoms with van der Waals surface area (Å²) in [5, 5.41) is 13.0. The minimum Gasteiger partial charge on any atom is -0.390 e. The summed E-state index contributed by atoms with van der Waals surface area (Å²) in [6.45, 7) is 11.4. The maximum absolute atomic E-state index is 12.5. The largest absolute Gasteiger partial charge is 0.390 e. The predicted octanol–water partition coefficient (Wildman–Crippen LogP) is 2.90. The zero-order valence-corrected chi connectivity index (χ0v) is 16.2. The van der Waals surface area contributed by atoms with Crippen molar-refractivity contribution in [3.8, 4) is 0 Å². The zero-order valence-electron chi connectivity index (χ0n) is 16.2. The highest BCUT2D eigenvalue weighted by Crippen LogP contribution is 2.29. The van der Waals surface area contributed by atoms with Gasteiger partial charge in [0.15, 0.2) is 0 Å². The third-order valence-corrected chi connectivity index (χ3v) is 4.04. The summed E-state index contributed by atoms with van der Waals surface area (Å²) < 4.78 is 10.8. The molecular weight excluding hydrogens is 294 g/mol. The third-order valence-electron chi connectivity index (χ3n) is 4.04. The molecule has 1 amide bonds. The fourth-order valence-electron chi connectivity index (χ4n) is 3.42. The van der Waals surface area contributed by atoms with Crippen molar-refractivity contribution in [2.75, 3.05) is 14.2 Å². The average Bonchev–Trinajstić information content (AvgIpc) is 2.45. The van der Waals surface area contributed by atoms with Crippen molar-refractivity contribution in [1.82, 2.24) is 5.32 Å². The van der Waals surface area contributed by atoms with Gasteiger partial charge in [-0.15, -0.1) is 0 Å². The molecule has 1 rings (SSSR count). The molecule has 0 aromatic rings. The first-order valence-electron chi connectivity index (χ1n) is 8.68. The van der Waals surface area contributed by atoms with Crippen LogP contribution in [0.25, 0.3) is 0 Å². The maximum Gasteiger partial charge on any atom is 0.223 e. The van der Waals surface area contributed by atoms with E-state index in [0.717, 1.165) is 12.8 Å². The Balaban J connectivity index is 0.00000232. The lowest BCUT2D eigenvalue weighted by molar-refractivity contribution is -0.133. The van der Waals surface area contributed by atoms with Crippen molar-refractivity contribution in [3.05, 3.63) is 0 Å². The molecule has 0 saturated heterocycles. The fourth-order valence-corrected chi connectivity index (χ4v) is 3.42. The van der Waals surface area contributed by atoms with Crippen LogP contribution in [0.2, 0.25) is 0 Å². The SMILES string of the molecule is CC.COC1CCC(C(=O)NC(C)(C)CC(C)(C)O)CC1OC. The van der Waals surface area contributed by atoms with Gasteiger partial charge in [-0.05, 0) is 53.4 Å². The molecule has 3 unspecified atom stereocenters. The number of nitrogens with one attached hydrogen (secondary N) is 1. The lowest BCUT2D eigenvalue weighted by Crippen LogP contribution is -2.51. The summed E-state index contributed by atoms with van der Waals surface area (Å²) in [5.74, 6) is -0.0108. The van der Waals surface area contributed by atoms with Crippen molar-refractivity contribution in [1.29, 1.82) is 0 Å². The molecule has 0 bridgehead atoms. The number of rotatable bonds is 6. The van der Waals surface area contributed by atoms with Crippen LogP contribution in [-0.4, -0.2) is 48.6 Å². The van der Waals surface area contributed by atoms with Crippen molar-refractivity contribution < 1.29 is 19.4 Å². The Morgan fingerprint density at radius 1 is 1.09 bits per heavy atom. The first-order valence-corrected chi connectivity index (χ1v) is 8.68. The molecule has 5 heteroatoms. The van der Waals surface area contributed by atoms with Crippen LogP contribution in [0.15, 0.2) is 0 Å². The normalized spacial score (nSPS) is 25.3. The first kappa shape index (κ1) is 22.4. The molecule has 23 heavy (non-hydrogen) atoms. The zero-order chi connectivity index (χ0) is 18.3. The monoisotopic (exact) mass is 331 g/mol. The molecule has 3 atom stereocenters. The van der Waals surface area contributed by atoms with Crippen LogP contribution >= 0.6 is 0 Å². The van der Waals surface area contributed by atoms with Gasteiger partial charge in [-0.25, -0.2) is 0 Å². The summed E-state index contributed by atoms with van der Waals surface area (Å²) >= 11 is 0. The Bertz CT molecular complexity index is 349. The molecule has 0 spiro atoms. The Kier molecular flexibility index (Phi) is 9.33. The van der Waals surface area contributed by atoms with E-state index in [0.29, 0.717) is 12.8 Å². The Morgan fingerprint density at radius 3 is 2.04 bits per heavy atom. The number of methoxy groups -OCH3 is 2. The molecule has 2 N–H and O–H groups in total. The minimum atomic E-state index is -0.806. The fraction of sp³-hybridized carbons (Fsp3) is 0.944. The van der Waals surface area contributed by atoms with Gasteiger partial charge < -0.3 is 19.9 Å². The standard InChI is InChI=1S/C16H31NO4.C2H6/c1-15(2,10-16(3,4)19)17-14(18)11-7-8-12(20-5)13(9-11)21-6;1-2/h11-13,19H,7-10H2,1-6H3,(H,17,18);1-2H3. The molecule has 5 nitrogen and oxygen atoms in total. The molecule has 138 valence electrons. The van der Waals surface area contributed by atoms with E-state index in [1.54, 1.807) is 28.1 Å². The van der Waals surface area contributed by atoms with Gasteiger partial charge in [0.25, 0.3) is 0 Å². The number of hydrogen-bond donors (Lipinski definition) is 2. The summed E-state index contributed by atoms with van der Waals surface area (Å²) in [4.78, 5) is 12.5. The number of ether oxygens (including phenoxy) is 2. The van der Waals surface area contributed by atoms with Gasteiger partial charge in [0, 0.05) is 25.7 Å². The molecule has 0 heterocycles. The van der Waals surface area contributed by atoms with Crippen LogP contribution in [0.5, 0.6) is 0 Å². The molecule has 1 saturated carbocycles. The van der Waals surface area contributed by atoms with E-state index in [-0.39, 0.29) is 24.0 Å². The Labute approximate surface area is 142 Å². The van der Waals surface area contributed by atoms with E-state index in [9.17, 15) is 9.90 Å². The highest BCUT2D eigenvalue weighted by molar-refractivity contribution is 5.79. The topological polar surface area (TPSA) is 67.8 Å². The van der Waals surface area contributed by atoms with Crippen molar-refractivity contribution in [2.45, 2.75) is 90.6 Å². The number of amides is 1. The van der Waals surface area contributed by atoms with Gasteiger partial charge in [0.1, 0.15) is 0 Å². The van der Waals surface area contributed by atoms with Crippen LogP contribution in [0.1, 0.15) is 67.2 Å². The highest BCUT2D eigenvalue weighted by atomic mass is 16.5. The molecule has 1 fully saturated rings. The van der Waals surface area contributed by atoms with Gasteiger partial charge in [0.2, 0.25) is 5.91 Å². The lowest BCUT2D eigenvalue weighted by Gasteiger charge is -2.37. The van der Waals surface area contributed by atoms with E-state index >= 15 is 0 Å². The second-order valence-corrected chi connectivity index (χ2v) is 7.42. The molecule has 1 aliphatic rings. The maximum atomic E-state index is 12.5. The summed E-state index contributed by atoms with van der Waals surface area (Å²) in [5.41, 5.74) is -1.24. The quantitative estimate of drug-likeness (QED) is 0.785. The van der Waals surface area contributed by atoms with E-state index in [1.807, 2.05) is 27.7 Å². The average molecular weight is 331 g/mol. The molecule has 0 aromatic carbocycles. The number of carbonyl (C=O) groups excluding carboxylic acids is 1. The van der Waals surface area contributed by atoms with E-state index in [1.165, 1.54) is 0 Å². The second-order valence-electron chi connectivity index (χ2n) is 7.42. The Hall–Kier alpha value is -0.650. The van der Waals surface area contributed by atoms with Crippen LogP contribution in [0.4, 0.5) is 0 Å². The van der Waals surface area contributed by atoms with Crippen LogP contribution in [0.3, 0.4) is 0 Å². The van der Waals surface area contributed by atoms with E-state index in [4.69, 9.17) is 9.47 Å². The van der Waals surface area contributed by atoms with Gasteiger partial charge in [-0.2, -0.15) is 0 Å².